The molecule has 0 unspecified atom stereocenters. The first-order chi connectivity index (χ1) is 18.2. The predicted molar refractivity (Wildman–Crippen MR) is 144 cm³/mol. The molecule has 38 heavy (non-hydrogen) atoms. The van der Waals surface area contributed by atoms with Gasteiger partial charge in [-0.1, -0.05) is 46.0 Å². The van der Waals surface area contributed by atoms with Gasteiger partial charge in [-0.3, -0.25) is 14.8 Å². The molecule has 3 rings (SSSR count). The Kier molecular flexibility index (Phi) is 11.0. The molecular weight excluding hydrogens is 508 g/mol. The molecule has 1 aromatic rings. The van der Waals surface area contributed by atoms with E-state index < -0.39 is 20.5 Å². The monoisotopic (exact) mass is 552 g/mol. The number of carbonyl (C=O) groups is 2. The highest BCUT2D eigenvalue weighted by molar-refractivity contribution is 7.93. The zero-order chi connectivity index (χ0) is 27.7. The van der Waals surface area contributed by atoms with E-state index in [4.69, 9.17) is 9.47 Å². The van der Waals surface area contributed by atoms with Crippen LogP contribution >= 0.6 is 0 Å². The number of sulfone groups is 1. The van der Waals surface area contributed by atoms with Gasteiger partial charge in [0.1, 0.15) is 5.75 Å². The van der Waals surface area contributed by atoms with Crippen molar-refractivity contribution >= 4 is 21.7 Å². The van der Waals surface area contributed by atoms with Gasteiger partial charge in [-0.25, -0.2) is 13.9 Å². The molecule has 214 valence electrons. The van der Waals surface area contributed by atoms with Crippen molar-refractivity contribution in [2.75, 3.05) is 26.4 Å². The standard InChI is InChI=1S/C28H44N2O7S/c1-3-27(4-2,21-22-9-6-5-7-10-22)25(31)29-17-8-18-37-23-11-13-24(14-12-23)38(34,35)28(26(32)30-33)15-19-36-20-16-28/h11-14,22,33H,3-10,15-21H2,1-2H3,(H,29,31)(H,30,32). The Morgan fingerprint density at radius 3 is 2.29 bits per heavy atom. The number of carbonyl (C=O) groups excluding carboxylic acids is 2. The number of hydroxylamine groups is 1. The molecule has 1 heterocycles. The highest BCUT2D eigenvalue weighted by Gasteiger charge is 2.52. The fourth-order valence-electron chi connectivity index (χ4n) is 5.91. The summed E-state index contributed by atoms with van der Waals surface area (Å²) in [5.41, 5.74) is 1.21. The average Bonchev–Trinajstić information content (AvgIpc) is 2.96. The zero-order valence-corrected chi connectivity index (χ0v) is 23.6. The number of hydrogen-bond donors (Lipinski definition) is 3. The maximum absolute atomic E-state index is 13.3. The summed E-state index contributed by atoms with van der Waals surface area (Å²) >= 11 is 0. The minimum atomic E-state index is -4.08. The SMILES string of the molecule is CCC(CC)(CC1CCCCC1)C(=O)NCCCOc1ccc(S(=O)(=O)C2(C(=O)NO)CCOCC2)cc1. The largest absolute Gasteiger partial charge is 0.494 e. The second kappa shape index (κ2) is 13.8. The molecule has 1 aromatic carbocycles. The number of amides is 2. The van der Waals surface area contributed by atoms with E-state index in [1.807, 2.05) is 0 Å². The van der Waals surface area contributed by atoms with E-state index >= 15 is 0 Å². The lowest BCUT2D eigenvalue weighted by Crippen LogP contribution is -2.54. The maximum atomic E-state index is 13.3. The Hall–Kier alpha value is -2.17. The van der Waals surface area contributed by atoms with Crippen molar-refractivity contribution in [2.24, 2.45) is 11.3 Å². The molecule has 2 aliphatic rings. The molecule has 1 aliphatic heterocycles. The van der Waals surface area contributed by atoms with Crippen molar-refractivity contribution in [1.29, 1.82) is 0 Å². The fourth-order valence-corrected chi connectivity index (χ4v) is 7.85. The van der Waals surface area contributed by atoms with Crippen LogP contribution in [0.5, 0.6) is 5.75 Å². The lowest BCUT2D eigenvalue weighted by molar-refractivity contribution is -0.134. The van der Waals surface area contributed by atoms with Gasteiger partial charge >= 0.3 is 0 Å². The molecule has 0 radical (unpaired) electrons. The smallest absolute Gasteiger partial charge is 0.265 e. The third-order valence-corrected chi connectivity index (χ3v) is 11.1. The van der Waals surface area contributed by atoms with Crippen LogP contribution < -0.4 is 15.5 Å². The molecule has 0 spiro atoms. The zero-order valence-electron chi connectivity index (χ0n) is 22.8. The van der Waals surface area contributed by atoms with Crippen LogP contribution in [0.15, 0.2) is 29.2 Å². The van der Waals surface area contributed by atoms with Crippen molar-refractivity contribution in [3.8, 4) is 5.75 Å². The van der Waals surface area contributed by atoms with Gasteiger partial charge in [0, 0.05) is 25.2 Å². The molecule has 0 atom stereocenters. The Labute approximate surface area is 226 Å². The molecule has 0 bridgehead atoms. The fraction of sp³-hybridized carbons (Fsp3) is 0.714. The Balaban J connectivity index is 1.51. The molecule has 1 aliphatic carbocycles. The summed E-state index contributed by atoms with van der Waals surface area (Å²) in [7, 11) is -4.08. The van der Waals surface area contributed by atoms with Crippen LogP contribution in [-0.2, 0) is 24.2 Å². The highest BCUT2D eigenvalue weighted by Crippen LogP contribution is 2.40. The summed E-state index contributed by atoms with van der Waals surface area (Å²) in [5.74, 6) is 0.328. The number of nitrogens with one attached hydrogen (secondary N) is 2. The van der Waals surface area contributed by atoms with E-state index in [9.17, 15) is 23.2 Å². The van der Waals surface area contributed by atoms with Crippen LogP contribution in [-0.4, -0.2) is 56.6 Å². The summed E-state index contributed by atoms with van der Waals surface area (Å²) < 4.78 is 35.9. The van der Waals surface area contributed by atoms with Crippen molar-refractivity contribution in [3.05, 3.63) is 24.3 Å². The molecule has 2 amide bonds. The molecule has 2 fully saturated rings. The first kappa shape index (κ1) is 30.4. The van der Waals surface area contributed by atoms with Crippen LogP contribution in [0.1, 0.15) is 84.5 Å². The van der Waals surface area contributed by atoms with E-state index in [1.165, 1.54) is 49.7 Å². The number of rotatable bonds is 13. The van der Waals surface area contributed by atoms with Gasteiger partial charge in [0.15, 0.2) is 14.6 Å². The average molecular weight is 553 g/mol. The lowest BCUT2D eigenvalue weighted by atomic mass is 9.71. The van der Waals surface area contributed by atoms with Gasteiger partial charge in [0.05, 0.1) is 11.5 Å². The summed E-state index contributed by atoms with van der Waals surface area (Å²) in [6.07, 6.45) is 9.50. The molecule has 9 nitrogen and oxygen atoms in total. The van der Waals surface area contributed by atoms with E-state index in [0.29, 0.717) is 31.2 Å². The number of hydrogen-bond acceptors (Lipinski definition) is 7. The van der Waals surface area contributed by atoms with Gasteiger partial charge in [-0.05, 0) is 68.7 Å². The van der Waals surface area contributed by atoms with E-state index in [2.05, 4.69) is 19.2 Å². The summed E-state index contributed by atoms with van der Waals surface area (Å²) in [4.78, 5) is 25.5. The third-order valence-electron chi connectivity index (χ3n) is 8.58. The topological polar surface area (TPSA) is 131 Å². The summed E-state index contributed by atoms with van der Waals surface area (Å²) in [5, 5.41) is 12.3. The van der Waals surface area contributed by atoms with Crippen LogP contribution in [0.4, 0.5) is 0 Å². The first-order valence-electron chi connectivity index (χ1n) is 14.0. The molecule has 1 saturated heterocycles. The number of benzene rings is 1. The second-order valence-electron chi connectivity index (χ2n) is 10.7. The van der Waals surface area contributed by atoms with Gasteiger partial charge in [0.25, 0.3) is 5.91 Å². The molecular formula is C28H44N2O7S. The maximum Gasteiger partial charge on any atom is 0.265 e. The van der Waals surface area contributed by atoms with E-state index in [0.717, 1.165) is 19.3 Å². The molecule has 3 N–H and O–H groups in total. The van der Waals surface area contributed by atoms with Crippen LogP contribution in [0.2, 0.25) is 0 Å². The van der Waals surface area contributed by atoms with E-state index in [-0.39, 0.29) is 42.3 Å². The van der Waals surface area contributed by atoms with Crippen molar-refractivity contribution in [2.45, 2.75) is 94.1 Å². The van der Waals surface area contributed by atoms with Crippen LogP contribution in [0.3, 0.4) is 0 Å². The van der Waals surface area contributed by atoms with Gasteiger partial charge in [0.2, 0.25) is 5.91 Å². The quantitative estimate of drug-likeness (QED) is 0.190. The third kappa shape index (κ3) is 6.69. The van der Waals surface area contributed by atoms with Gasteiger partial charge < -0.3 is 14.8 Å². The van der Waals surface area contributed by atoms with Crippen molar-refractivity contribution < 1.29 is 32.7 Å². The van der Waals surface area contributed by atoms with E-state index in [1.54, 1.807) is 12.1 Å². The normalized spacial score (nSPS) is 18.5. The predicted octanol–water partition coefficient (Wildman–Crippen LogP) is 4.18. The summed E-state index contributed by atoms with van der Waals surface area (Å²) in [6, 6.07) is 5.93. The highest BCUT2D eigenvalue weighted by atomic mass is 32.2. The van der Waals surface area contributed by atoms with Crippen LogP contribution in [0.25, 0.3) is 0 Å². The molecule has 1 saturated carbocycles. The van der Waals surface area contributed by atoms with Gasteiger partial charge in [-0.2, -0.15) is 0 Å². The van der Waals surface area contributed by atoms with Gasteiger partial charge in [-0.15, -0.1) is 0 Å². The minimum Gasteiger partial charge on any atom is -0.494 e. The Bertz CT molecular complexity index is 1010. The second-order valence-corrected chi connectivity index (χ2v) is 12.9. The van der Waals surface area contributed by atoms with Crippen molar-refractivity contribution in [1.82, 2.24) is 10.8 Å². The summed E-state index contributed by atoms with van der Waals surface area (Å²) in [6.45, 7) is 5.33. The molecule has 10 heteroatoms. The minimum absolute atomic E-state index is 0.0175. The first-order valence-corrected chi connectivity index (χ1v) is 15.5. The molecule has 0 aromatic heterocycles. The number of ether oxygens (including phenoxy) is 2. The van der Waals surface area contributed by atoms with Crippen molar-refractivity contribution in [3.63, 3.8) is 0 Å². The van der Waals surface area contributed by atoms with Crippen LogP contribution in [0, 0.1) is 11.3 Å². The Morgan fingerprint density at radius 2 is 1.71 bits per heavy atom. The lowest BCUT2D eigenvalue weighted by Gasteiger charge is -2.35. The Morgan fingerprint density at radius 1 is 1.08 bits per heavy atom.